The smallest absolute Gasteiger partial charge is 0.132 e. The summed E-state index contributed by atoms with van der Waals surface area (Å²) in [6.45, 7) is 0. The molecule has 30 heavy (non-hydrogen) atoms. The zero-order valence-corrected chi connectivity index (χ0v) is 16.0. The van der Waals surface area contributed by atoms with E-state index in [2.05, 4.69) is 12.1 Å². The first kappa shape index (κ1) is 16.9. The van der Waals surface area contributed by atoms with Crippen LogP contribution in [0, 0.1) is 0 Å². The van der Waals surface area contributed by atoms with Crippen molar-refractivity contribution in [2.24, 2.45) is 0 Å². The van der Waals surface area contributed by atoms with Crippen LogP contribution in [-0.4, -0.2) is 10.2 Å². The maximum atomic E-state index is 10.2. The average molecular weight is 390 g/mol. The summed E-state index contributed by atoms with van der Waals surface area (Å²) < 4.78 is 6.36. The lowest BCUT2D eigenvalue weighted by molar-refractivity contribution is 0.455. The summed E-state index contributed by atoms with van der Waals surface area (Å²) in [5.41, 5.74) is 3.19. The molecular formula is C27H18O3. The van der Waals surface area contributed by atoms with Crippen molar-refractivity contribution in [2.75, 3.05) is 0 Å². The first-order valence-electron chi connectivity index (χ1n) is 9.93. The maximum Gasteiger partial charge on any atom is 0.132 e. The molecule has 2 N–H and O–H groups in total. The minimum absolute atomic E-state index is 0.0963. The molecule has 0 radical (unpaired) electrons. The summed E-state index contributed by atoms with van der Waals surface area (Å²) in [4.78, 5) is 0. The van der Waals surface area contributed by atoms with E-state index in [4.69, 9.17) is 4.74 Å². The van der Waals surface area contributed by atoms with Gasteiger partial charge in [-0.05, 0) is 63.5 Å². The zero-order valence-electron chi connectivity index (χ0n) is 16.0. The van der Waals surface area contributed by atoms with Gasteiger partial charge in [-0.15, -0.1) is 0 Å². The number of fused-ring (bicyclic) bond motifs is 6. The molecular weight excluding hydrogens is 372 g/mol. The Balaban J connectivity index is 1.77. The number of phenols is 2. The lowest BCUT2D eigenvalue weighted by Gasteiger charge is -2.31. The van der Waals surface area contributed by atoms with Gasteiger partial charge in [0, 0.05) is 17.0 Å². The Morgan fingerprint density at radius 3 is 1.60 bits per heavy atom. The summed E-state index contributed by atoms with van der Waals surface area (Å²) in [7, 11) is 0. The molecule has 5 aromatic rings. The highest BCUT2D eigenvalue weighted by atomic mass is 16.5. The number of phenolic OH excluding ortho intramolecular Hbond substituents is 2. The van der Waals surface area contributed by atoms with E-state index in [1.165, 1.54) is 0 Å². The van der Waals surface area contributed by atoms with Crippen LogP contribution >= 0.6 is 0 Å². The molecule has 0 unspecified atom stereocenters. The van der Waals surface area contributed by atoms with Gasteiger partial charge in [-0.2, -0.15) is 0 Å². The van der Waals surface area contributed by atoms with Crippen LogP contribution in [0.3, 0.4) is 0 Å². The van der Waals surface area contributed by atoms with Gasteiger partial charge in [0.25, 0.3) is 0 Å². The number of hydrogen-bond acceptors (Lipinski definition) is 3. The molecule has 1 aliphatic rings. The Hall–Kier alpha value is -3.98. The summed E-state index contributed by atoms with van der Waals surface area (Å²) in [6, 6.07) is 29.2. The molecule has 0 aromatic heterocycles. The Morgan fingerprint density at radius 2 is 1.07 bits per heavy atom. The molecule has 0 aliphatic carbocycles. The molecule has 0 bridgehead atoms. The molecule has 5 aromatic carbocycles. The summed E-state index contributed by atoms with van der Waals surface area (Å²) in [5, 5.41) is 24.4. The third-order valence-electron chi connectivity index (χ3n) is 5.94. The zero-order chi connectivity index (χ0) is 20.2. The second-order valence-electron chi connectivity index (χ2n) is 7.71. The Kier molecular flexibility index (Phi) is 3.53. The van der Waals surface area contributed by atoms with Crippen LogP contribution in [0.15, 0.2) is 91.0 Å². The molecule has 6 rings (SSSR count). The third-order valence-corrected chi connectivity index (χ3v) is 5.94. The SMILES string of the molecule is Oc1ccc2ccc3c(c2c1)C(c1ccccc1)c1c(ccc2ccc(O)cc12)O3. The summed E-state index contributed by atoms with van der Waals surface area (Å²) >= 11 is 0. The largest absolute Gasteiger partial charge is 0.508 e. The monoisotopic (exact) mass is 390 g/mol. The highest BCUT2D eigenvalue weighted by Crippen LogP contribution is 2.52. The van der Waals surface area contributed by atoms with Crippen molar-refractivity contribution in [1.29, 1.82) is 0 Å². The molecule has 0 spiro atoms. The van der Waals surface area contributed by atoms with Gasteiger partial charge in [-0.3, -0.25) is 0 Å². The standard InChI is InChI=1S/C27H18O3/c28-19-10-6-16-8-12-23-26(21(16)14-19)25(18-4-2-1-3-5-18)27-22-15-20(29)11-7-17(22)9-13-24(27)30-23/h1-15,25,28-29H. The number of aromatic hydroxyl groups is 2. The summed E-state index contributed by atoms with van der Waals surface area (Å²) in [6.07, 6.45) is 0. The molecule has 3 nitrogen and oxygen atoms in total. The van der Waals surface area contributed by atoms with E-state index < -0.39 is 0 Å². The quantitative estimate of drug-likeness (QED) is 0.329. The van der Waals surface area contributed by atoms with Crippen LogP contribution < -0.4 is 4.74 Å². The maximum absolute atomic E-state index is 10.2. The van der Waals surface area contributed by atoms with Gasteiger partial charge in [0.05, 0.1) is 0 Å². The van der Waals surface area contributed by atoms with E-state index in [0.717, 1.165) is 49.7 Å². The van der Waals surface area contributed by atoms with Gasteiger partial charge in [0.15, 0.2) is 0 Å². The average Bonchev–Trinajstić information content (AvgIpc) is 2.77. The molecule has 1 aliphatic heterocycles. The van der Waals surface area contributed by atoms with Gasteiger partial charge in [-0.1, -0.05) is 54.6 Å². The molecule has 144 valence electrons. The van der Waals surface area contributed by atoms with Crippen LogP contribution in [0.1, 0.15) is 22.6 Å². The van der Waals surface area contributed by atoms with Gasteiger partial charge < -0.3 is 14.9 Å². The third kappa shape index (κ3) is 2.45. The number of rotatable bonds is 1. The van der Waals surface area contributed by atoms with Crippen molar-refractivity contribution in [3.05, 3.63) is 108 Å². The van der Waals surface area contributed by atoms with E-state index in [0.29, 0.717) is 0 Å². The van der Waals surface area contributed by atoms with Gasteiger partial charge >= 0.3 is 0 Å². The van der Waals surface area contributed by atoms with Crippen molar-refractivity contribution in [3.63, 3.8) is 0 Å². The molecule has 1 heterocycles. The van der Waals surface area contributed by atoms with Crippen molar-refractivity contribution >= 4 is 21.5 Å². The fourth-order valence-electron chi connectivity index (χ4n) is 4.64. The fraction of sp³-hybridized carbons (Fsp3) is 0.0370. The van der Waals surface area contributed by atoms with Gasteiger partial charge in [0.2, 0.25) is 0 Å². The van der Waals surface area contributed by atoms with Crippen LogP contribution in [0.2, 0.25) is 0 Å². The Bertz CT molecular complexity index is 1350. The molecule has 3 heteroatoms. The topological polar surface area (TPSA) is 49.7 Å². The van der Waals surface area contributed by atoms with E-state index in [1.807, 2.05) is 54.6 Å². The molecule has 0 fully saturated rings. The molecule has 0 saturated heterocycles. The van der Waals surface area contributed by atoms with E-state index >= 15 is 0 Å². The van der Waals surface area contributed by atoms with Crippen molar-refractivity contribution in [2.45, 2.75) is 5.92 Å². The minimum Gasteiger partial charge on any atom is -0.508 e. The number of benzene rings is 5. The number of hydrogen-bond donors (Lipinski definition) is 2. The highest BCUT2D eigenvalue weighted by Gasteiger charge is 2.32. The van der Waals surface area contributed by atoms with Crippen molar-refractivity contribution in [3.8, 4) is 23.0 Å². The van der Waals surface area contributed by atoms with E-state index in [9.17, 15) is 10.2 Å². The van der Waals surface area contributed by atoms with E-state index in [1.54, 1.807) is 24.3 Å². The number of ether oxygens (including phenoxy) is 1. The van der Waals surface area contributed by atoms with Gasteiger partial charge in [0.1, 0.15) is 23.0 Å². The molecule has 0 amide bonds. The highest BCUT2D eigenvalue weighted by molar-refractivity contribution is 5.96. The minimum atomic E-state index is -0.0963. The Labute approximate surface area is 173 Å². The summed E-state index contributed by atoms with van der Waals surface area (Å²) in [5.74, 6) is 1.93. The van der Waals surface area contributed by atoms with Gasteiger partial charge in [-0.25, -0.2) is 0 Å². The first-order chi connectivity index (χ1) is 14.7. The second kappa shape index (κ2) is 6.26. The van der Waals surface area contributed by atoms with Crippen LogP contribution in [0.5, 0.6) is 23.0 Å². The van der Waals surface area contributed by atoms with Crippen LogP contribution in [0.4, 0.5) is 0 Å². The second-order valence-corrected chi connectivity index (χ2v) is 7.71. The fourth-order valence-corrected chi connectivity index (χ4v) is 4.64. The lowest BCUT2D eigenvalue weighted by atomic mass is 9.78. The van der Waals surface area contributed by atoms with Crippen molar-refractivity contribution in [1.82, 2.24) is 0 Å². The Morgan fingerprint density at radius 1 is 0.567 bits per heavy atom. The van der Waals surface area contributed by atoms with E-state index in [-0.39, 0.29) is 17.4 Å². The van der Waals surface area contributed by atoms with Crippen LogP contribution in [0.25, 0.3) is 21.5 Å². The lowest BCUT2D eigenvalue weighted by Crippen LogP contribution is -2.13. The predicted octanol–water partition coefficient (Wildman–Crippen LogP) is 6.69. The van der Waals surface area contributed by atoms with Crippen molar-refractivity contribution < 1.29 is 14.9 Å². The first-order valence-corrected chi connectivity index (χ1v) is 9.93. The predicted molar refractivity (Wildman–Crippen MR) is 119 cm³/mol. The van der Waals surface area contributed by atoms with Crippen LogP contribution in [-0.2, 0) is 0 Å². The molecule has 0 atom stereocenters. The molecule has 0 saturated carbocycles. The normalized spacial score (nSPS) is 13.1.